The minimum Gasteiger partial charge on any atom is -0.381 e. The first-order chi connectivity index (χ1) is 8.22. The Morgan fingerprint density at radius 1 is 1.59 bits per heavy atom. The molecule has 0 aromatic heterocycles. The molecule has 2 nitrogen and oxygen atoms in total. The number of rotatable bonds is 4. The van der Waals surface area contributed by atoms with Crippen LogP contribution in [-0.2, 0) is 4.74 Å². The fourth-order valence-corrected chi connectivity index (χ4v) is 2.81. The third-order valence-corrected chi connectivity index (χ3v) is 4.38. The summed E-state index contributed by atoms with van der Waals surface area (Å²) >= 11 is 9.51. The Kier molecular flexibility index (Phi) is 4.86. The van der Waals surface area contributed by atoms with Gasteiger partial charge in [0.1, 0.15) is 0 Å². The lowest BCUT2D eigenvalue weighted by atomic mass is 9.92. The molecule has 2 atom stereocenters. The van der Waals surface area contributed by atoms with Crippen LogP contribution in [0.2, 0.25) is 5.02 Å². The SMILES string of the molecule is CCNC(c1ccc(Cl)c(Br)c1)C1CCOC1. The summed E-state index contributed by atoms with van der Waals surface area (Å²) in [5.74, 6) is 0.558. The quantitative estimate of drug-likeness (QED) is 0.912. The van der Waals surface area contributed by atoms with E-state index in [9.17, 15) is 0 Å². The molecule has 0 bridgehead atoms. The summed E-state index contributed by atoms with van der Waals surface area (Å²) in [6, 6.07) is 6.50. The second-order valence-electron chi connectivity index (χ2n) is 4.33. The standard InChI is InChI=1S/C13H17BrClNO/c1-2-16-13(10-5-6-17-8-10)9-3-4-12(15)11(14)7-9/h3-4,7,10,13,16H,2,5-6,8H2,1H3. The van der Waals surface area contributed by atoms with Crippen molar-refractivity contribution in [3.63, 3.8) is 0 Å². The fourth-order valence-electron chi connectivity index (χ4n) is 2.30. The van der Waals surface area contributed by atoms with Crippen molar-refractivity contribution < 1.29 is 4.74 Å². The number of hydrogen-bond acceptors (Lipinski definition) is 2. The fraction of sp³-hybridized carbons (Fsp3) is 0.538. The molecular formula is C13H17BrClNO. The number of benzene rings is 1. The van der Waals surface area contributed by atoms with Crippen LogP contribution in [0.3, 0.4) is 0 Å². The summed E-state index contributed by atoms with van der Waals surface area (Å²) in [6.07, 6.45) is 1.12. The first kappa shape index (κ1) is 13.3. The van der Waals surface area contributed by atoms with E-state index < -0.39 is 0 Å². The number of ether oxygens (including phenoxy) is 1. The van der Waals surface area contributed by atoms with Gasteiger partial charge in [-0.2, -0.15) is 0 Å². The van der Waals surface area contributed by atoms with E-state index in [1.54, 1.807) is 0 Å². The Morgan fingerprint density at radius 2 is 2.41 bits per heavy atom. The van der Waals surface area contributed by atoms with Gasteiger partial charge in [0.05, 0.1) is 11.6 Å². The Labute approximate surface area is 116 Å². The van der Waals surface area contributed by atoms with E-state index in [4.69, 9.17) is 16.3 Å². The molecule has 1 aromatic carbocycles. The van der Waals surface area contributed by atoms with Crippen LogP contribution >= 0.6 is 27.5 Å². The lowest BCUT2D eigenvalue weighted by molar-refractivity contribution is 0.177. The molecule has 1 aromatic rings. The van der Waals surface area contributed by atoms with Crippen molar-refractivity contribution in [1.29, 1.82) is 0 Å². The molecule has 1 aliphatic heterocycles. The zero-order valence-corrected chi connectivity index (χ0v) is 12.2. The minimum absolute atomic E-state index is 0.357. The summed E-state index contributed by atoms with van der Waals surface area (Å²) in [4.78, 5) is 0. The predicted octanol–water partition coefficient (Wildman–Crippen LogP) is 3.79. The highest BCUT2D eigenvalue weighted by Gasteiger charge is 2.26. The first-order valence-electron chi connectivity index (χ1n) is 5.98. The molecule has 1 fully saturated rings. The van der Waals surface area contributed by atoms with Crippen LogP contribution < -0.4 is 5.32 Å². The highest BCUT2D eigenvalue weighted by molar-refractivity contribution is 9.10. The van der Waals surface area contributed by atoms with Gasteiger partial charge in [-0.25, -0.2) is 0 Å². The average molecular weight is 319 g/mol. The molecule has 0 amide bonds. The molecule has 0 saturated carbocycles. The van der Waals surface area contributed by atoms with Crippen molar-refractivity contribution in [2.75, 3.05) is 19.8 Å². The number of hydrogen-bond donors (Lipinski definition) is 1. The Morgan fingerprint density at radius 3 is 3.00 bits per heavy atom. The van der Waals surface area contributed by atoms with E-state index in [1.807, 2.05) is 6.07 Å². The third kappa shape index (κ3) is 3.22. The Balaban J connectivity index is 2.21. The average Bonchev–Trinajstić information content (AvgIpc) is 2.83. The molecule has 0 spiro atoms. The maximum atomic E-state index is 6.03. The van der Waals surface area contributed by atoms with Gasteiger partial charge >= 0.3 is 0 Å². The van der Waals surface area contributed by atoms with Gasteiger partial charge in [0.15, 0.2) is 0 Å². The molecular weight excluding hydrogens is 302 g/mol. The second kappa shape index (κ2) is 6.19. The van der Waals surface area contributed by atoms with Crippen LogP contribution in [0, 0.1) is 5.92 Å². The highest BCUT2D eigenvalue weighted by atomic mass is 79.9. The molecule has 4 heteroatoms. The second-order valence-corrected chi connectivity index (χ2v) is 5.59. The van der Waals surface area contributed by atoms with Crippen LogP contribution in [0.5, 0.6) is 0 Å². The van der Waals surface area contributed by atoms with Gasteiger partial charge < -0.3 is 10.1 Å². The van der Waals surface area contributed by atoms with E-state index in [2.05, 4.69) is 40.3 Å². The Hall–Kier alpha value is -0.0900. The molecule has 1 N–H and O–H groups in total. The van der Waals surface area contributed by atoms with Crippen LogP contribution in [0.15, 0.2) is 22.7 Å². The van der Waals surface area contributed by atoms with Gasteiger partial charge in [-0.05, 0) is 46.6 Å². The van der Waals surface area contributed by atoms with Crippen LogP contribution in [0.1, 0.15) is 24.9 Å². The third-order valence-electron chi connectivity index (χ3n) is 3.16. The monoisotopic (exact) mass is 317 g/mol. The van der Waals surface area contributed by atoms with Crippen molar-refractivity contribution in [2.24, 2.45) is 5.92 Å². The van der Waals surface area contributed by atoms with Crippen molar-refractivity contribution in [3.8, 4) is 0 Å². The van der Waals surface area contributed by atoms with E-state index in [0.717, 1.165) is 35.7 Å². The lowest BCUT2D eigenvalue weighted by Gasteiger charge is -2.24. The maximum Gasteiger partial charge on any atom is 0.0548 e. The smallest absolute Gasteiger partial charge is 0.0548 e. The van der Waals surface area contributed by atoms with Gasteiger partial charge in [0.25, 0.3) is 0 Å². The molecule has 17 heavy (non-hydrogen) atoms. The minimum atomic E-state index is 0.357. The van der Waals surface area contributed by atoms with Gasteiger partial charge in [0.2, 0.25) is 0 Å². The normalized spacial score (nSPS) is 21.7. The predicted molar refractivity (Wildman–Crippen MR) is 74.5 cm³/mol. The molecule has 0 radical (unpaired) electrons. The summed E-state index contributed by atoms with van der Waals surface area (Å²) in [7, 11) is 0. The molecule has 2 unspecified atom stereocenters. The lowest BCUT2D eigenvalue weighted by Crippen LogP contribution is -2.28. The summed E-state index contributed by atoms with van der Waals surface area (Å²) in [6.45, 7) is 4.81. The zero-order chi connectivity index (χ0) is 12.3. The van der Waals surface area contributed by atoms with Crippen molar-refractivity contribution in [2.45, 2.75) is 19.4 Å². The van der Waals surface area contributed by atoms with Gasteiger partial charge in [0, 0.05) is 23.0 Å². The van der Waals surface area contributed by atoms with Gasteiger partial charge in [-0.1, -0.05) is 24.6 Å². The molecule has 94 valence electrons. The van der Waals surface area contributed by atoms with E-state index in [0.29, 0.717) is 12.0 Å². The summed E-state index contributed by atoms with van der Waals surface area (Å²) < 4.78 is 6.44. The topological polar surface area (TPSA) is 21.3 Å². The van der Waals surface area contributed by atoms with Crippen molar-refractivity contribution in [1.82, 2.24) is 5.32 Å². The number of nitrogens with one attached hydrogen (secondary N) is 1. The van der Waals surface area contributed by atoms with E-state index in [-0.39, 0.29) is 0 Å². The first-order valence-corrected chi connectivity index (χ1v) is 7.15. The van der Waals surface area contributed by atoms with Crippen LogP contribution in [-0.4, -0.2) is 19.8 Å². The van der Waals surface area contributed by atoms with Crippen LogP contribution in [0.25, 0.3) is 0 Å². The maximum absolute atomic E-state index is 6.03. The van der Waals surface area contributed by atoms with Crippen LogP contribution in [0.4, 0.5) is 0 Å². The molecule has 2 rings (SSSR count). The summed E-state index contributed by atoms with van der Waals surface area (Å²) in [5, 5.41) is 4.30. The number of halogens is 2. The largest absolute Gasteiger partial charge is 0.381 e. The molecule has 1 aliphatic rings. The molecule has 0 aliphatic carbocycles. The molecule has 1 heterocycles. The highest BCUT2D eigenvalue weighted by Crippen LogP contribution is 2.32. The van der Waals surface area contributed by atoms with Crippen molar-refractivity contribution in [3.05, 3.63) is 33.3 Å². The summed E-state index contributed by atoms with van der Waals surface area (Å²) in [5.41, 5.74) is 1.28. The molecule has 1 saturated heterocycles. The van der Waals surface area contributed by atoms with Gasteiger partial charge in [-0.3, -0.25) is 0 Å². The van der Waals surface area contributed by atoms with Crippen molar-refractivity contribution >= 4 is 27.5 Å². The van der Waals surface area contributed by atoms with Gasteiger partial charge in [-0.15, -0.1) is 0 Å². The van der Waals surface area contributed by atoms with E-state index >= 15 is 0 Å². The van der Waals surface area contributed by atoms with E-state index in [1.165, 1.54) is 5.56 Å². The zero-order valence-electron chi connectivity index (χ0n) is 9.88. The Bertz CT molecular complexity index is 380.